The van der Waals surface area contributed by atoms with E-state index in [0.717, 1.165) is 25.7 Å². The largest absolute Gasteiger partial charge is 0.496 e. The number of methoxy groups -OCH3 is 1. The minimum atomic E-state index is -0.288. The summed E-state index contributed by atoms with van der Waals surface area (Å²) in [5.41, 5.74) is 1.46. The molecule has 1 N–H and O–H groups in total. The first kappa shape index (κ1) is 23.3. The van der Waals surface area contributed by atoms with Gasteiger partial charge in [-0.3, -0.25) is 14.5 Å². The highest BCUT2D eigenvalue weighted by Gasteiger charge is 2.43. The Bertz CT molecular complexity index is 807. The van der Waals surface area contributed by atoms with Gasteiger partial charge in [0.1, 0.15) is 11.4 Å². The number of aliphatic hydroxyl groups is 1. The number of rotatable bonds is 11. The summed E-state index contributed by atoms with van der Waals surface area (Å²) < 4.78 is 11.1. The van der Waals surface area contributed by atoms with Crippen molar-refractivity contribution in [3.8, 4) is 5.75 Å². The molecule has 0 bridgehead atoms. The average molecular weight is 431 g/mol. The minimum absolute atomic E-state index is 0.0781. The van der Waals surface area contributed by atoms with E-state index < -0.39 is 0 Å². The number of carbonyl (C=O) groups excluding carboxylic acids is 2. The Hall–Kier alpha value is -2.38. The molecule has 0 aliphatic carbocycles. The Labute approximate surface area is 184 Å². The number of unbranched alkanes of at least 4 members (excludes halogenated alkanes) is 1. The van der Waals surface area contributed by atoms with Gasteiger partial charge in [0, 0.05) is 45.0 Å². The highest BCUT2D eigenvalue weighted by molar-refractivity contribution is 6.36. The molecule has 2 aliphatic heterocycles. The fourth-order valence-electron chi connectivity index (χ4n) is 4.24. The Morgan fingerprint density at radius 3 is 2.65 bits per heavy atom. The van der Waals surface area contributed by atoms with Crippen molar-refractivity contribution >= 4 is 17.4 Å². The van der Waals surface area contributed by atoms with Gasteiger partial charge in [0.15, 0.2) is 0 Å². The first-order valence-electron chi connectivity index (χ1n) is 11.3. The Morgan fingerprint density at radius 2 is 1.90 bits per heavy atom. The number of amides is 2. The molecule has 2 aliphatic rings. The number of hydrogen-bond donors (Lipinski definition) is 1. The minimum Gasteiger partial charge on any atom is -0.496 e. The van der Waals surface area contributed by atoms with E-state index in [1.54, 1.807) is 13.2 Å². The summed E-state index contributed by atoms with van der Waals surface area (Å²) in [6.45, 7) is 4.99. The van der Waals surface area contributed by atoms with E-state index >= 15 is 0 Å². The van der Waals surface area contributed by atoms with Crippen LogP contribution in [0.2, 0.25) is 0 Å². The second kappa shape index (κ2) is 11.3. The van der Waals surface area contributed by atoms with Gasteiger partial charge in [-0.15, -0.1) is 0 Å². The van der Waals surface area contributed by atoms with Crippen molar-refractivity contribution in [3.63, 3.8) is 0 Å². The highest BCUT2D eigenvalue weighted by Crippen LogP contribution is 2.37. The van der Waals surface area contributed by atoms with E-state index in [9.17, 15) is 14.7 Å². The molecule has 31 heavy (non-hydrogen) atoms. The van der Waals surface area contributed by atoms with Gasteiger partial charge in [-0.25, -0.2) is 0 Å². The van der Waals surface area contributed by atoms with Crippen molar-refractivity contribution in [3.05, 3.63) is 35.5 Å². The summed E-state index contributed by atoms with van der Waals surface area (Å²) in [5, 5.41) is 9.65. The Balaban J connectivity index is 1.86. The van der Waals surface area contributed by atoms with E-state index in [4.69, 9.17) is 9.47 Å². The van der Waals surface area contributed by atoms with Crippen molar-refractivity contribution in [2.24, 2.45) is 5.92 Å². The van der Waals surface area contributed by atoms with Gasteiger partial charge < -0.3 is 19.5 Å². The quantitative estimate of drug-likeness (QED) is 0.430. The van der Waals surface area contributed by atoms with Crippen LogP contribution in [0, 0.1) is 5.92 Å². The Morgan fingerprint density at radius 1 is 1.13 bits per heavy atom. The van der Waals surface area contributed by atoms with Crippen LogP contribution in [0.3, 0.4) is 0 Å². The van der Waals surface area contributed by atoms with Crippen LogP contribution in [0.5, 0.6) is 5.75 Å². The molecule has 0 saturated carbocycles. The first-order valence-corrected chi connectivity index (χ1v) is 11.3. The number of ether oxygens (including phenoxy) is 2. The lowest BCUT2D eigenvalue weighted by Gasteiger charge is -2.34. The molecule has 1 saturated heterocycles. The topological polar surface area (TPSA) is 79.3 Å². The molecule has 1 aromatic rings. The first-order chi connectivity index (χ1) is 15.1. The van der Waals surface area contributed by atoms with Crippen molar-refractivity contribution < 1.29 is 24.2 Å². The van der Waals surface area contributed by atoms with Crippen LogP contribution >= 0.6 is 0 Å². The van der Waals surface area contributed by atoms with Crippen LogP contribution in [-0.4, -0.2) is 73.3 Å². The van der Waals surface area contributed by atoms with Crippen molar-refractivity contribution in [1.82, 2.24) is 9.80 Å². The monoisotopic (exact) mass is 430 g/mol. The lowest BCUT2D eigenvalue weighted by molar-refractivity contribution is -0.137. The van der Waals surface area contributed by atoms with Crippen LogP contribution in [0.4, 0.5) is 0 Å². The highest BCUT2D eigenvalue weighted by atomic mass is 16.5. The molecule has 7 heteroatoms. The third-order valence-corrected chi connectivity index (χ3v) is 5.93. The number of imide groups is 1. The number of likely N-dealkylation sites (tertiary alicyclic amines) is 1. The number of nitrogens with zero attached hydrogens (tertiary/aromatic N) is 2. The van der Waals surface area contributed by atoms with Gasteiger partial charge in [0.25, 0.3) is 11.8 Å². The summed E-state index contributed by atoms with van der Waals surface area (Å²) in [7, 11) is 1.56. The summed E-state index contributed by atoms with van der Waals surface area (Å²) in [6.07, 6.45) is 4.48. The van der Waals surface area contributed by atoms with Gasteiger partial charge in [0.2, 0.25) is 0 Å². The van der Waals surface area contributed by atoms with Crippen molar-refractivity contribution in [2.75, 3.05) is 46.6 Å². The molecule has 3 rings (SSSR count). The summed E-state index contributed by atoms with van der Waals surface area (Å²) in [4.78, 5) is 30.2. The number of hydrogen-bond acceptors (Lipinski definition) is 6. The predicted molar refractivity (Wildman–Crippen MR) is 118 cm³/mol. The zero-order valence-corrected chi connectivity index (χ0v) is 18.6. The van der Waals surface area contributed by atoms with Gasteiger partial charge >= 0.3 is 0 Å². The van der Waals surface area contributed by atoms with E-state index in [1.807, 2.05) is 23.1 Å². The molecule has 0 spiro atoms. The maximum Gasteiger partial charge on any atom is 0.277 e. The number of piperidine rings is 1. The molecule has 1 atom stereocenters. The SMILES string of the molecule is CCCCOCCCN1C(=O)C(c2ccccc2OC)=C(N2CCCC(CO)C2)C1=O. The fourth-order valence-corrected chi connectivity index (χ4v) is 4.24. The third-order valence-electron chi connectivity index (χ3n) is 5.93. The molecule has 0 radical (unpaired) electrons. The molecular weight excluding hydrogens is 396 g/mol. The van der Waals surface area contributed by atoms with Crippen LogP contribution < -0.4 is 4.74 Å². The number of carbonyl (C=O) groups is 2. The van der Waals surface area contributed by atoms with Gasteiger partial charge in [0.05, 0.1) is 12.7 Å². The molecule has 1 fully saturated rings. The standard InChI is InChI=1S/C24H34N2O5/c1-3-4-14-31-15-8-13-26-23(28)21(19-10-5-6-11-20(19)30-2)22(24(26)29)25-12-7-9-18(16-25)17-27/h5-6,10-11,18,27H,3-4,7-9,12-17H2,1-2H3. The lowest BCUT2D eigenvalue weighted by Crippen LogP contribution is -2.40. The third kappa shape index (κ3) is 5.28. The van der Waals surface area contributed by atoms with Crippen LogP contribution in [0.25, 0.3) is 5.57 Å². The maximum absolute atomic E-state index is 13.4. The average Bonchev–Trinajstić information content (AvgIpc) is 3.05. The van der Waals surface area contributed by atoms with Crippen molar-refractivity contribution in [1.29, 1.82) is 0 Å². The number of benzene rings is 1. The number of para-hydroxylation sites is 1. The van der Waals surface area contributed by atoms with Gasteiger partial charge in [-0.05, 0) is 37.7 Å². The predicted octanol–water partition coefficient (Wildman–Crippen LogP) is 2.69. The molecule has 170 valence electrons. The lowest BCUT2D eigenvalue weighted by atomic mass is 9.96. The van der Waals surface area contributed by atoms with E-state index in [1.165, 1.54) is 4.90 Å². The van der Waals surface area contributed by atoms with Crippen molar-refractivity contribution in [2.45, 2.75) is 39.0 Å². The van der Waals surface area contributed by atoms with E-state index in [0.29, 0.717) is 61.9 Å². The smallest absolute Gasteiger partial charge is 0.277 e. The zero-order valence-electron chi connectivity index (χ0n) is 18.6. The molecule has 1 aromatic carbocycles. The zero-order chi connectivity index (χ0) is 22.2. The van der Waals surface area contributed by atoms with E-state index in [2.05, 4.69) is 6.92 Å². The molecule has 2 amide bonds. The molecule has 0 aromatic heterocycles. The van der Waals surface area contributed by atoms with Crippen LogP contribution in [0.1, 0.15) is 44.6 Å². The second-order valence-electron chi connectivity index (χ2n) is 8.14. The second-order valence-corrected chi connectivity index (χ2v) is 8.14. The molecule has 1 unspecified atom stereocenters. The summed E-state index contributed by atoms with van der Waals surface area (Å²) >= 11 is 0. The van der Waals surface area contributed by atoms with Gasteiger partial charge in [-0.1, -0.05) is 31.5 Å². The summed E-state index contributed by atoms with van der Waals surface area (Å²) in [5.74, 6) is 0.114. The normalized spacial score (nSPS) is 19.5. The van der Waals surface area contributed by atoms with Gasteiger partial charge in [-0.2, -0.15) is 0 Å². The Kier molecular flexibility index (Phi) is 8.49. The molecule has 7 nitrogen and oxygen atoms in total. The van der Waals surface area contributed by atoms with Crippen LogP contribution in [0.15, 0.2) is 30.0 Å². The molecular formula is C24H34N2O5. The fraction of sp³-hybridized carbons (Fsp3) is 0.583. The van der Waals surface area contributed by atoms with E-state index in [-0.39, 0.29) is 24.3 Å². The maximum atomic E-state index is 13.4. The van der Waals surface area contributed by atoms with Crippen LogP contribution in [-0.2, 0) is 14.3 Å². The number of aliphatic hydroxyl groups excluding tert-OH is 1. The summed E-state index contributed by atoms with van der Waals surface area (Å²) in [6, 6.07) is 7.31. The molecule has 2 heterocycles.